The van der Waals surface area contributed by atoms with Crippen LogP contribution in [0.1, 0.15) is 5.69 Å². The Labute approximate surface area is 134 Å². The molecule has 2 aromatic heterocycles. The first-order valence-electron chi connectivity index (χ1n) is 7.03. The topological polar surface area (TPSA) is 87.0 Å². The highest BCUT2D eigenvalue weighted by Crippen LogP contribution is 2.31. The molecule has 5 heteroatoms. The molecule has 0 spiro atoms. The first-order chi connectivity index (χ1) is 11.1. The highest BCUT2D eigenvalue weighted by atomic mass is 16.5. The Morgan fingerprint density at radius 1 is 1.00 bits per heavy atom. The molecule has 2 heterocycles. The van der Waals surface area contributed by atoms with Gasteiger partial charge in [0.2, 0.25) is 5.88 Å². The molecular formula is C18H16N4O. The predicted molar refractivity (Wildman–Crippen MR) is 91.6 cm³/mol. The van der Waals surface area contributed by atoms with E-state index in [0.29, 0.717) is 28.7 Å². The number of hydrogen-bond acceptors (Lipinski definition) is 5. The van der Waals surface area contributed by atoms with Crippen LogP contribution >= 0.6 is 0 Å². The zero-order valence-electron chi connectivity index (χ0n) is 12.4. The fourth-order valence-electron chi connectivity index (χ4n) is 2.11. The van der Waals surface area contributed by atoms with E-state index in [1.807, 2.05) is 24.3 Å². The van der Waals surface area contributed by atoms with E-state index in [-0.39, 0.29) is 0 Å². The largest absolute Gasteiger partial charge is 0.438 e. The lowest BCUT2D eigenvalue weighted by Crippen LogP contribution is -1.98. The molecule has 1 aromatic carbocycles. The smallest absolute Gasteiger partial charge is 0.227 e. The summed E-state index contributed by atoms with van der Waals surface area (Å²) in [5.74, 6) is 1.16. The van der Waals surface area contributed by atoms with Gasteiger partial charge in [0.05, 0.1) is 11.4 Å². The van der Waals surface area contributed by atoms with Crippen LogP contribution in [0.5, 0.6) is 11.6 Å². The van der Waals surface area contributed by atoms with Crippen molar-refractivity contribution in [3.8, 4) is 22.8 Å². The number of nitrogen functional groups attached to an aromatic ring is 1. The van der Waals surface area contributed by atoms with E-state index in [0.717, 1.165) is 11.1 Å². The molecule has 0 radical (unpaired) electrons. The molecule has 5 nitrogen and oxygen atoms in total. The van der Waals surface area contributed by atoms with Gasteiger partial charge < -0.3 is 16.2 Å². The monoisotopic (exact) mass is 304 g/mol. The van der Waals surface area contributed by atoms with E-state index in [1.165, 1.54) is 0 Å². The van der Waals surface area contributed by atoms with Crippen LogP contribution in [0.3, 0.4) is 0 Å². The third kappa shape index (κ3) is 3.29. The molecule has 0 saturated heterocycles. The van der Waals surface area contributed by atoms with E-state index in [1.54, 1.807) is 36.7 Å². The third-order valence-electron chi connectivity index (χ3n) is 3.27. The minimum atomic E-state index is 0.414. The quantitative estimate of drug-likeness (QED) is 0.721. The number of pyridine rings is 2. The van der Waals surface area contributed by atoms with Gasteiger partial charge in [-0.05, 0) is 54.1 Å². The van der Waals surface area contributed by atoms with Crippen molar-refractivity contribution in [2.75, 3.05) is 5.73 Å². The Hall–Kier alpha value is -3.34. The van der Waals surface area contributed by atoms with Gasteiger partial charge in [-0.25, -0.2) is 4.98 Å². The maximum Gasteiger partial charge on any atom is 0.227 e. The van der Waals surface area contributed by atoms with E-state index in [4.69, 9.17) is 16.2 Å². The average molecular weight is 304 g/mol. The second-order valence-electron chi connectivity index (χ2n) is 4.98. The van der Waals surface area contributed by atoms with Gasteiger partial charge in [0.1, 0.15) is 5.75 Å². The van der Waals surface area contributed by atoms with Gasteiger partial charge in [0.15, 0.2) is 0 Å². The van der Waals surface area contributed by atoms with Crippen LogP contribution in [0.15, 0.2) is 67.5 Å². The molecule has 114 valence electrons. The molecule has 0 aliphatic carbocycles. The Bertz CT molecular complexity index is 844. The molecule has 3 rings (SSSR count). The van der Waals surface area contributed by atoms with Crippen molar-refractivity contribution in [2.45, 2.75) is 0 Å². The standard InChI is InChI=1S/C18H16N4O/c1-12(19)17-11-13(8-10-21-17)16-3-2-9-22-18(16)23-15-6-4-14(20)5-7-15/h2-11H,1,19-20H2. The number of nitrogens with two attached hydrogens (primary N) is 2. The molecule has 0 amide bonds. The summed E-state index contributed by atoms with van der Waals surface area (Å²) in [5, 5.41) is 0. The summed E-state index contributed by atoms with van der Waals surface area (Å²) < 4.78 is 5.88. The lowest BCUT2D eigenvalue weighted by atomic mass is 10.1. The molecule has 0 aliphatic heterocycles. The molecule has 0 aliphatic rings. The predicted octanol–water partition coefficient (Wildman–Crippen LogP) is 3.45. The molecule has 0 saturated carbocycles. The number of ether oxygens (including phenoxy) is 1. The van der Waals surface area contributed by atoms with Crippen molar-refractivity contribution >= 4 is 11.4 Å². The maximum absolute atomic E-state index is 5.88. The summed E-state index contributed by atoms with van der Waals surface area (Å²) in [5.41, 5.74) is 14.9. The Morgan fingerprint density at radius 2 is 1.78 bits per heavy atom. The van der Waals surface area contributed by atoms with Crippen molar-refractivity contribution in [3.05, 3.63) is 73.2 Å². The summed E-state index contributed by atoms with van der Waals surface area (Å²) in [4.78, 5) is 8.51. The molecular weight excluding hydrogens is 288 g/mol. The molecule has 0 fully saturated rings. The minimum Gasteiger partial charge on any atom is -0.438 e. The van der Waals surface area contributed by atoms with Crippen LogP contribution in [0, 0.1) is 0 Å². The molecule has 0 unspecified atom stereocenters. The van der Waals surface area contributed by atoms with Crippen LogP contribution < -0.4 is 16.2 Å². The molecule has 4 N–H and O–H groups in total. The SMILES string of the molecule is C=C(N)c1cc(-c2cccnc2Oc2ccc(N)cc2)ccn1. The van der Waals surface area contributed by atoms with Crippen LogP contribution in [-0.2, 0) is 0 Å². The van der Waals surface area contributed by atoms with Gasteiger partial charge in [0.25, 0.3) is 0 Å². The van der Waals surface area contributed by atoms with Crippen LogP contribution in [0.2, 0.25) is 0 Å². The van der Waals surface area contributed by atoms with E-state index >= 15 is 0 Å². The minimum absolute atomic E-state index is 0.414. The van der Waals surface area contributed by atoms with Crippen molar-refractivity contribution in [1.29, 1.82) is 0 Å². The van der Waals surface area contributed by atoms with Gasteiger partial charge in [0, 0.05) is 23.6 Å². The number of aromatic nitrogens is 2. The highest BCUT2D eigenvalue weighted by molar-refractivity contribution is 5.72. The first kappa shape index (κ1) is 14.6. The molecule has 0 bridgehead atoms. The fraction of sp³-hybridized carbons (Fsp3) is 0. The van der Waals surface area contributed by atoms with Crippen molar-refractivity contribution < 1.29 is 4.74 Å². The van der Waals surface area contributed by atoms with Crippen molar-refractivity contribution in [1.82, 2.24) is 9.97 Å². The first-order valence-corrected chi connectivity index (χ1v) is 7.03. The van der Waals surface area contributed by atoms with E-state index < -0.39 is 0 Å². The van der Waals surface area contributed by atoms with Gasteiger partial charge in [-0.1, -0.05) is 6.58 Å². The normalized spacial score (nSPS) is 10.3. The highest BCUT2D eigenvalue weighted by Gasteiger charge is 2.10. The second-order valence-corrected chi connectivity index (χ2v) is 4.98. The van der Waals surface area contributed by atoms with Crippen LogP contribution in [0.4, 0.5) is 5.69 Å². The third-order valence-corrected chi connectivity index (χ3v) is 3.27. The van der Waals surface area contributed by atoms with Gasteiger partial charge in [-0.3, -0.25) is 4.98 Å². The van der Waals surface area contributed by atoms with Crippen molar-refractivity contribution in [3.63, 3.8) is 0 Å². The summed E-state index contributed by atoms with van der Waals surface area (Å²) >= 11 is 0. The second kappa shape index (κ2) is 6.19. The average Bonchev–Trinajstić information content (AvgIpc) is 2.57. The Kier molecular flexibility index (Phi) is 3.93. The molecule has 23 heavy (non-hydrogen) atoms. The van der Waals surface area contributed by atoms with E-state index in [9.17, 15) is 0 Å². The van der Waals surface area contributed by atoms with E-state index in [2.05, 4.69) is 16.5 Å². The number of benzene rings is 1. The van der Waals surface area contributed by atoms with Gasteiger partial charge >= 0.3 is 0 Å². The molecule has 3 aromatic rings. The number of rotatable bonds is 4. The summed E-state index contributed by atoms with van der Waals surface area (Å²) in [6, 6.07) is 14.7. The number of hydrogen-bond donors (Lipinski definition) is 2. The van der Waals surface area contributed by atoms with Crippen molar-refractivity contribution in [2.24, 2.45) is 5.73 Å². The Morgan fingerprint density at radius 3 is 2.52 bits per heavy atom. The lowest BCUT2D eigenvalue weighted by Gasteiger charge is -2.11. The van der Waals surface area contributed by atoms with Gasteiger partial charge in [-0.2, -0.15) is 0 Å². The number of anilines is 1. The zero-order valence-corrected chi connectivity index (χ0v) is 12.4. The van der Waals surface area contributed by atoms with Crippen LogP contribution in [0.25, 0.3) is 16.8 Å². The molecule has 0 atom stereocenters. The Balaban J connectivity index is 1.99. The zero-order chi connectivity index (χ0) is 16.2. The summed E-state index contributed by atoms with van der Waals surface area (Å²) in [6.45, 7) is 3.72. The summed E-state index contributed by atoms with van der Waals surface area (Å²) in [6.07, 6.45) is 3.36. The van der Waals surface area contributed by atoms with Crippen LogP contribution in [-0.4, -0.2) is 9.97 Å². The lowest BCUT2D eigenvalue weighted by molar-refractivity contribution is 0.465. The summed E-state index contributed by atoms with van der Waals surface area (Å²) in [7, 11) is 0. The number of nitrogens with zero attached hydrogens (tertiary/aromatic N) is 2. The van der Waals surface area contributed by atoms with Gasteiger partial charge in [-0.15, -0.1) is 0 Å². The fourth-order valence-corrected chi connectivity index (χ4v) is 2.11. The maximum atomic E-state index is 5.88.